The quantitative estimate of drug-likeness (QED) is 0.609. The second-order valence-corrected chi connectivity index (χ2v) is 11.6. The number of piperidine rings is 1. The molecule has 1 amide bonds. The van der Waals surface area contributed by atoms with Gasteiger partial charge in [0.25, 0.3) is 5.91 Å². The van der Waals surface area contributed by atoms with Gasteiger partial charge in [-0.15, -0.1) is 0 Å². The van der Waals surface area contributed by atoms with Crippen LogP contribution in [-0.2, 0) is 5.41 Å². The molecule has 3 aliphatic rings. The molecule has 4 atom stereocenters. The van der Waals surface area contributed by atoms with E-state index in [0.29, 0.717) is 24.4 Å². The van der Waals surface area contributed by atoms with Crippen molar-refractivity contribution in [2.75, 3.05) is 26.2 Å². The number of nitrogens with zero attached hydrogens (tertiary/aromatic N) is 2. The predicted molar refractivity (Wildman–Crippen MR) is 138 cm³/mol. The number of aromatic hydroxyl groups is 1. The average molecular weight is 477 g/mol. The van der Waals surface area contributed by atoms with Crippen LogP contribution in [0, 0.1) is 17.8 Å². The summed E-state index contributed by atoms with van der Waals surface area (Å²) < 4.78 is 0. The number of amides is 1. The molecule has 1 unspecified atom stereocenters. The van der Waals surface area contributed by atoms with Crippen LogP contribution in [0.4, 0.5) is 0 Å². The highest BCUT2D eigenvalue weighted by molar-refractivity contribution is 5.94. The van der Waals surface area contributed by atoms with Gasteiger partial charge in [0.2, 0.25) is 0 Å². The van der Waals surface area contributed by atoms with Gasteiger partial charge in [0.05, 0.1) is 6.10 Å². The number of phenols is 1. The molecular formula is C30H40N2O3. The Kier molecular flexibility index (Phi) is 6.91. The van der Waals surface area contributed by atoms with Gasteiger partial charge >= 0.3 is 0 Å². The van der Waals surface area contributed by atoms with Crippen LogP contribution in [0.2, 0.25) is 0 Å². The zero-order valence-corrected chi connectivity index (χ0v) is 21.1. The minimum atomic E-state index is -0.490. The summed E-state index contributed by atoms with van der Waals surface area (Å²) in [6.07, 6.45) is 4.53. The Bertz CT molecular complexity index is 1020. The van der Waals surface area contributed by atoms with Gasteiger partial charge in [0.1, 0.15) is 5.75 Å². The molecule has 5 heteroatoms. The smallest absolute Gasteiger partial charge is 0.254 e. The highest BCUT2D eigenvalue weighted by atomic mass is 16.3. The lowest BCUT2D eigenvalue weighted by molar-refractivity contribution is -0.0655. The van der Waals surface area contributed by atoms with Gasteiger partial charge in [-0.1, -0.05) is 44.2 Å². The van der Waals surface area contributed by atoms with Crippen LogP contribution in [0.1, 0.15) is 61.9 Å². The van der Waals surface area contributed by atoms with E-state index in [4.69, 9.17) is 0 Å². The Morgan fingerprint density at radius 1 is 1.14 bits per heavy atom. The maximum absolute atomic E-state index is 13.7. The van der Waals surface area contributed by atoms with Crippen LogP contribution in [-0.4, -0.2) is 64.2 Å². The molecule has 0 radical (unpaired) electrons. The van der Waals surface area contributed by atoms with Crippen molar-refractivity contribution >= 4 is 5.91 Å². The van der Waals surface area contributed by atoms with Crippen molar-refractivity contribution in [2.45, 2.75) is 63.5 Å². The average Bonchev–Trinajstić information content (AvgIpc) is 3.67. The lowest BCUT2D eigenvalue weighted by Crippen LogP contribution is -2.61. The third-order valence-electron chi connectivity index (χ3n) is 8.54. The van der Waals surface area contributed by atoms with Crippen molar-refractivity contribution in [1.82, 2.24) is 9.80 Å². The number of hydrogen-bond acceptors (Lipinski definition) is 4. The fraction of sp³-hybridized carbons (Fsp3) is 0.567. The maximum atomic E-state index is 13.7. The second-order valence-electron chi connectivity index (χ2n) is 11.6. The van der Waals surface area contributed by atoms with Gasteiger partial charge < -0.3 is 20.0 Å². The number of carbonyl (C=O) groups is 1. The zero-order chi connectivity index (χ0) is 24.6. The molecule has 2 aliphatic carbocycles. The summed E-state index contributed by atoms with van der Waals surface area (Å²) in [5, 5.41) is 22.0. The summed E-state index contributed by atoms with van der Waals surface area (Å²) in [5.74, 6) is 1.57. The van der Waals surface area contributed by atoms with E-state index >= 15 is 0 Å². The fourth-order valence-corrected chi connectivity index (χ4v) is 6.68. The van der Waals surface area contributed by atoms with Crippen LogP contribution >= 0.6 is 0 Å². The van der Waals surface area contributed by atoms with Crippen LogP contribution in [0.5, 0.6) is 5.75 Å². The molecule has 2 aromatic carbocycles. The van der Waals surface area contributed by atoms with E-state index in [0.717, 1.165) is 44.0 Å². The summed E-state index contributed by atoms with van der Waals surface area (Å²) in [4.78, 5) is 18.3. The summed E-state index contributed by atoms with van der Waals surface area (Å²) in [6.45, 7) is 7.98. The lowest BCUT2D eigenvalue weighted by Gasteiger charge is -2.56. The molecule has 0 aromatic heterocycles. The van der Waals surface area contributed by atoms with Crippen molar-refractivity contribution in [3.63, 3.8) is 0 Å². The van der Waals surface area contributed by atoms with E-state index in [-0.39, 0.29) is 29.0 Å². The molecule has 2 N–H and O–H groups in total. The number of benzene rings is 2. The van der Waals surface area contributed by atoms with E-state index in [9.17, 15) is 15.0 Å². The zero-order valence-electron chi connectivity index (χ0n) is 21.1. The minimum Gasteiger partial charge on any atom is -0.508 e. The van der Waals surface area contributed by atoms with Gasteiger partial charge in [-0.05, 0) is 80.3 Å². The molecule has 35 heavy (non-hydrogen) atoms. The predicted octanol–water partition coefficient (Wildman–Crippen LogP) is 4.68. The van der Waals surface area contributed by atoms with E-state index in [1.165, 1.54) is 12.8 Å². The number of hydrogen-bond donors (Lipinski definition) is 2. The minimum absolute atomic E-state index is 0.0475. The third-order valence-corrected chi connectivity index (χ3v) is 8.54. The van der Waals surface area contributed by atoms with Crippen LogP contribution in [0.25, 0.3) is 0 Å². The number of aliphatic hydroxyl groups is 1. The van der Waals surface area contributed by atoms with Crippen molar-refractivity contribution in [3.8, 4) is 5.75 Å². The van der Waals surface area contributed by atoms with Crippen molar-refractivity contribution in [1.29, 1.82) is 0 Å². The highest BCUT2D eigenvalue weighted by Crippen LogP contribution is 2.51. The second kappa shape index (κ2) is 9.94. The highest BCUT2D eigenvalue weighted by Gasteiger charge is 2.53. The van der Waals surface area contributed by atoms with Crippen LogP contribution in [0.3, 0.4) is 0 Å². The van der Waals surface area contributed by atoms with Gasteiger partial charge in [0.15, 0.2) is 0 Å². The number of phenolic OH excluding ortho intramolecular Hbond substituents is 1. The first kappa shape index (κ1) is 24.3. The number of rotatable bonds is 7. The Morgan fingerprint density at radius 3 is 2.60 bits per heavy atom. The van der Waals surface area contributed by atoms with Crippen molar-refractivity contribution in [2.24, 2.45) is 17.8 Å². The first-order valence-corrected chi connectivity index (χ1v) is 13.4. The lowest BCUT2D eigenvalue weighted by atomic mass is 9.56. The number of carbonyl (C=O) groups excluding carboxylic acids is 1. The molecule has 1 saturated heterocycles. The van der Waals surface area contributed by atoms with E-state index in [1.54, 1.807) is 6.07 Å². The van der Waals surface area contributed by atoms with Crippen molar-refractivity contribution in [3.05, 3.63) is 65.7 Å². The fourth-order valence-electron chi connectivity index (χ4n) is 6.68. The molecular weight excluding hydrogens is 436 g/mol. The topological polar surface area (TPSA) is 64.0 Å². The first-order valence-electron chi connectivity index (χ1n) is 13.4. The number of fused-ring (bicyclic) bond motifs is 1. The largest absolute Gasteiger partial charge is 0.508 e. The Balaban J connectivity index is 1.49. The molecule has 188 valence electrons. The molecule has 5 nitrogen and oxygen atoms in total. The summed E-state index contributed by atoms with van der Waals surface area (Å²) in [6, 6.07) is 17.1. The van der Waals surface area contributed by atoms with E-state index in [1.807, 2.05) is 47.4 Å². The Labute approximate surface area is 209 Å². The Hall–Kier alpha value is -2.37. The molecule has 3 fully saturated rings. The van der Waals surface area contributed by atoms with Crippen LogP contribution in [0.15, 0.2) is 54.6 Å². The molecule has 2 saturated carbocycles. The molecule has 0 bridgehead atoms. The molecule has 0 spiro atoms. The van der Waals surface area contributed by atoms with Gasteiger partial charge in [-0.2, -0.15) is 0 Å². The summed E-state index contributed by atoms with van der Waals surface area (Å²) in [7, 11) is 0. The summed E-state index contributed by atoms with van der Waals surface area (Å²) in [5.41, 5.74) is 1.55. The molecule has 2 aromatic rings. The normalized spacial score (nSPS) is 29.1. The van der Waals surface area contributed by atoms with Crippen LogP contribution < -0.4 is 0 Å². The molecule has 1 aliphatic heterocycles. The first-order chi connectivity index (χ1) is 16.9. The monoisotopic (exact) mass is 476 g/mol. The molecule has 1 heterocycles. The van der Waals surface area contributed by atoms with Gasteiger partial charge in [0, 0.05) is 42.6 Å². The van der Waals surface area contributed by atoms with Crippen molar-refractivity contribution < 1.29 is 15.0 Å². The SMILES string of the molecule is CC(C)CN(C(=O)c1ccccc1)[C@@H]1CC(O)[C@@H]2CN(CC3CC3)CC[C@@]2(c2cccc(O)c2)C1. The molecule has 5 rings (SSSR count). The van der Waals surface area contributed by atoms with Gasteiger partial charge in [-0.25, -0.2) is 0 Å². The van der Waals surface area contributed by atoms with Gasteiger partial charge in [-0.3, -0.25) is 4.79 Å². The van der Waals surface area contributed by atoms with E-state index < -0.39 is 6.10 Å². The number of aliphatic hydroxyl groups excluding tert-OH is 1. The van der Waals surface area contributed by atoms with E-state index in [2.05, 4.69) is 24.8 Å². The Morgan fingerprint density at radius 2 is 1.91 bits per heavy atom. The number of likely N-dealkylation sites (tertiary alicyclic amines) is 1. The standard InChI is InChI=1S/C30H40N2O3/c1-21(2)18-32(29(35)23-7-4-3-5-8-23)25-16-28(34)27-20-31(19-22-11-12-22)14-13-30(27,17-25)24-9-6-10-26(33)15-24/h3-10,15,21-22,25,27-28,33-34H,11-14,16-20H2,1-2H3/t25-,27+,28?,30+/m1/s1. The summed E-state index contributed by atoms with van der Waals surface area (Å²) >= 11 is 0. The third kappa shape index (κ3) is 5.12. The maximum Gasteiger partial charge on any atom is 0.254 e.